The molecule has 0 fully saturated rings. The fourth-order valence-electron chi connectivity index (χ4n) is 1.81. The third-order valence-corrected chi connectivity index (χ3v) is 3.04. The van der Waals surface area contributed by atoms with Gasteiger partial charge in [0.2, 0.25) is 0 Å². The second-order valence-electron chi connectivity index (χ2n) is 4.46. The number of pyridine rings is 1. The van der Waals surface area contributed by atoms with Gasteiger partial charge in [-0.05, 0) is 29.7 Å². The molecule has 1 aromatic carbocycles. The largest absolute Gasteiger partial charge is 0.477 e. The van der Waals surface area contributed by atoms with Crippen LogP contribution in [0, 0.1) is 0 Å². The van der Waals surface area contributed by atoms with Gasteiger partial charge in [0.05, 0.1) is 5.69 Å². The van der Waals surface area contributed by atoms with Crippen LogP contribution in [-0.2, 0) is 13.0 Å². The smallest absolute Gasteiger partial charge is 0.354 e. The van der Waals surface area contributed by atoms with E-state index in [4.69, 9.17) is 10.8 Å². The van der Waals surface area contributed by atoms with E-state index in [-0.39, 0.29) is 5.69 Å². The van der Waals surface area contributed by atoms with E-state index in [1.165, 1.54) is 11.6 Å². The summed E-state index contributed by atoms with van der Waals surface area (Å²) < 4.78 is 0. The molecule has 1 aromatic heterocycles. The van der Waals surface area contributed by atoms with Crippen molar-refractivity contribution >= 4 is 17.5 Å². The van der Waals surface area contributed by atoms with Crippen molar-refractivity contribution in [2.75, 3.05) is 11.1 Å². The normalized spacial score (nSPS) is 10.2. The van der Waals surface area contributed by atoms with Crippen molar-refractivity contribution in [3.8, 4) is 0 Å². The Morgan fingerprint density at radius 2 is 1.85 bits per heavy atom. The Bertz CT molecular complexity index is 609. The molecule has 20 heavy (non-hydrogen) atoms. The first-order valence-electron chi connectivity index (χ1n) is 6.41. The zero-order valence-corrected chi connectivity index (χ0v) is 11.3. The Balaban J connectivity index is 2.09. The Morgan fingerprint density at radius 3 is 2.45 bits per heavy atom. The minimum absolute atomic E-state index is 0.0250. The summed E-state index contributed by atoms with van der Waals surface area (Å²) in [6, 6.07) is 11.1. The van der Waals surface area contributed by atoms with Crippen LogP contribution >= 0.6 is 0 Å². The number of carboxylic acids is 1. The zero-order valence-electron chi connectivity index (χ0n) is 11.3. The molecule has 0 amide bonds. The maximum absolute atomic E-state index is 10.9. The highest BCUT2D eigenvalue weighted by molar-refractivity contribution is 5.86. The van der Waals surface area contributed by atoms with E-state index in [0.717, 1.165) is 12.0 Å². The lowest BCUT2D eigenvalue weighted by Gasteiger charge is -2.09. The molecule has 0 atom stereocenters. The maximum atomic E-state index is 10.9. The molecule has 104 valence electrons. The number of nitrogen functional groups attached to an aromatic ring is 1. The molecular formula is C15H17N3O2. The van der Waals surface area contributed by atoms with E-state index in [9.17, 15) is 4.79 Å². The van der Waals surface area contributed by atoms with Gasteiger partial charge in [0.25, 0.3) is 0 Å². The number of carbonyl (C=O) groups is 1. The minimum atomic E-state index is -1.07. The van der Waals surface area contributed by atoms with Gasteiger partial charge in [-0.2, -0.15) is 0 Å². The van der Waals surface area contributed by atoms with Crippen molar-refractivity contribution in [2.24, 2.45) is 0 Å². The van der Waals surface area contributed by atoms with Crippen LogP contribution in [0.3, 0.4) is 0 Å². The summed E-state index contributed by atoms with van der Waals surface area (Å²) in [5.41, 5.74) is 8.55. The molecule has 1 heterocycles. The number of aryl methyl sites for hydroxylation is 1. The molecule has 0 saturated carbocycles. The van der Waals surface area contributed by atoms with Crippen LogP contribution in [0.4, 0.5) is 11.5 Å². The van der Waals surface area contributed by atoms with Crippen molar-refractivity contribution in [2.45, 2.75) is 19.9 Å². The Labute approximate surface area is 117 Å². The fraction of sp³-hybridized carbons (Fsp3) is 0.200. The van der Waals surface area contributed by atoms with Crippen molar-refractivity contribution in [3.63, 3.8) is 0 Å². The summed E-state index contributed by atoms with van der Waals surface area (Å²) in [6.07, 6.45) is 1.00. The van der Waals surface area contributed by atoms with Gasteiger partial charge in [-0.25, -0.2) is 9.78 Å². The van der Waals surface area contributed by atoms with Gasteiger partial charge in [0.15, 0.2) is 5.69 Å². The number of hydrogen-bond donors (Lipinski definition) is 3. The molecular weight excluding hydrogens is 254 g/mol. The molecule has 4 N–H and O–H groups in total. The molecule has 2 rings (SSSR count). The van der Waals surface area contributed by atoms with E-state index in [1.807, 2.05) is 12.1 Å². The average Bonchev–Trinajstić information content (AvgIpc) is 2.46. The first-order valence-corrected chi connectivity index (χ1v) is 6.41. The number of carboxylic acid groups (broad SMARTS) is 1. The van der Waals surface area contributed by atoms with Crippen LogP contribution in [0.5, 0.6) is 0 Å². The van der Waals surface area contributed by atoms with Crippen LogP contribution in [0.2, 0.25) is 0 Å². The highest BCUT2D eigenvalue weighted by Crippen LogP contribution is 2.17. The third-order valence-electron chi connectivity index (χ3n) is 3.04. The molecule has 0 aliphatic heterocycles. The van der Waals surface area contributed by atoms with E-state index >= 15 is 0 Å². The van der Waals surface area contributed by atoms with Gasteiger partial charge < -0.3 is 16.2 Å². The molecule has 0 spiro atoms. The van der Waals surface area contributed by atoms with Crippen LogP contribution < -0.4 is 11.1 Å². The molecule has 0 aliphatic carbocycles. The SMILES string of the molecule is CCc1ccc(CNc2nc(C(=O)O)ccc2N)cc1. The molecule has 0 radical (unpaired) electrons. The number of hydrogen-bond acceptors (Lipinski definition) is 4. The number of benzene rings is 1. The molecule has 0 unspecified atom stereocenters. The van der Waals surface area contributed by atoms with Gasteiger partial charge in [-0.3, -0.25) is 0 Å². The number of anilines is 2. The van der Waals surface area contributed by atoms with E-state index in [0.29, 0.717) is 18.1 Å². The second kappa shape index (κ2) is 6.06. The van der Waals surface area contributed by atoms with Crippen LogP contribution in [0.1, 0.15) is 28.5 Å². The predicted molar refractivity (Wildman–Crippen MR) is 78.8 cm³/mol. The Kier molecular flexibility index (Phi) is 4.20. The van der Waals surface area contributed by atoms with Crippen molar-refractivity contribution in [1.29, 1.82) is 0 Å². The van der Waals surface area contributed by atoms with Gasteiger partial charge >= 0.3 is 5.97 Å². The first-order chi connectivity index (χ1) is 9.60. The van der Waals surface area contributed by atoms with E-state index in [2.05, 4.69) is 29.4 Å². The molecule has 2 aromatic rings. The van der Waals surface area contributed by atoms with E-state index < -0.39 is 5.97 Å². The highest BCUT2D eigenvalue weighted by atomic mass is 16.4. The summed E-state index contributed by atoms with van der Waals surface area (Å²) in [6.45, 7) is 2.65. The number of aromatic nitrogens is 1. The highest BCUT2D eigenvalue weighted by Gasteiger charge is 2.08. The summed E-state index contributed by atoms with van der Waals surface area (Å²) in [7, 11) is 0. The summed E-state index contributed by atoms with van der Waals surface area (Å²) in [5, 5.41) is 12.0. The molecule has 0 aliphatic rings. The quantitative estimate of drug-likeness (QED) is 0.777. The van der Waals surface area contributed by atoms with E-state index in [1.54, 1.807) is 6.07 Å². The zero-order chi connectivity index (χ0) is 14.5. The lowest BCUT2D eigenvalue weighted by molar-refractivity contribution is 0.0690. The number of aromatic carboxylic acids is 1. The fourth-order valence-corrected chi connectivity index (χ4v) is 1.81. The van der Waals surface area contributed by atoms with Gasteiger partial charge in [0.1, 0.15) is 5.82 Å². The number of nitrogens with zero attached hydrogens (tertiary/aromatic N) is 1. The number of rotatable bonds is 5. The maximum Gasteiger partial charge on any atom is 0.354 e. The standard InChI is InChI=1S/C15H17N3O2/c1-2-10-3-5-11(6-4-10)9-17-14-12(16)7-8-13(18-14)15(19)20/h3-8H,2,9,16H2,1H3,(H,17,18)(H,19,20). The monoisotopic (exact) mass is 271 g/mol. The number of nitrogens with two attached hydrogens (primary N) is 1. The lowest BCUT2D eigenvalue weighted by atomic mass is 10.1. The van der Waals surface area contributed by atoms with Crippen molar-refractivity contribution < 1.29 is 9.90 Å². The molecule has 5 heteroatoms. The van der Waals surface area contributed by atoms with Gasteiger partial charge in [-0.15, -0.1) is 0 Å². The van der Waals surface area contributed by atoms with Gasteiger partial charge in [0, 0.05) is 6.54 Å². The second-order valence-corrected chi connectivity index (χ2v) is 4.46. The first kappa shape index (κ1) is 13.9. The molecule has 0 saturated heterocycles. The summed E-state index contributed by atoms with van der Waals surface area (Å²) in [4.78, 5) is 14.9. The molecule has 0 bridgehead atoms. The Morgan fingerprint density at radius 1 is 1.20 bits per heavy atom. The summed E-state index contributed by atoms with van der Waals surface area (Å²) >= 11 is 0. The van der Waals surface area contributed by atoms with Crippen molar-refractivity contribution in [1.82, 2.24) is 4.98 Å². The Hall–Kier alpha value is -2.56. The van der Waals surface area contributed by atoms with Crippen LogP contribution in [-0.4, -0.2) is 16.1 Å². The minimum Gasteiger partial charge on any atom is -0.477 e. The van der Waals surface area contributed by atoms with Gasteiger partial charge in [-0.1, -0.05) is 31.2 Å². The lowest BCUT2D eigenvalue weighted by Crippen LogP contribution is -2.08. The van der Waals surface area contributed by atoms with Crippen LogP contribution in [0.25, 0.3) is 0 Å². The topological polar surface area (TPSA) is 88.2 Å². The average molecular weight is 271 g/mol. The summed E-state index contributed by atoms with van der Waals surface area (Å²) in [5.74, 6) is -0.676. The van der Waals surface area contributed by atoms with Crippen LogP contribution in [0.15, 0.2) is 36.4 Å². The number of nitrogens with one attached hydrogen (secondary N) is 1. The predicted octanol–water partition coefficient (Wildman–Crippen LogP) is 2.54. The third kappa shape index (κ3) is 3.26. The van der Waals surface area contributed by atoms with Crippen molar-refractivity contribution in [3.05, 3.63) is 53.2 Å². The molecule has 5 nitrogen and oxygen atoms in total.